The Kier molecular flexibility index (Phi) is 2.72. The van der Waals surface area contributed by atoms with Crippen LogP contribution in [0.5, 0.6) is 0 Å². The minimum absolute atomic E-state index is 0.0268. The molecule has 0 heterocycles. The van der Waals surface area contributed by atoms with Gasteiger partial charge in [0, 0.05) is 11.8 Å². The molecule has 4 aliphatic carbocycles. The zero-order valence-electron chi connectivity index (χ0n) is 10.2. The van der Waals surface area contributed by atoms with Crippen LogP contribution in [0, 0.1) is 23.2 Å². The largest absolute Gasteiger partial charge is 0.467 e. The lowest BCUT2D eigenvalue weighted by atomic mass is 9.48. The number of ketones is 1. The number of hydrogen-bond acceptors (Lipinski definition) is 3. The van der Waals surface area contributed by atoms with Crippen LogP contribution >= 0.6 is 0 Å². The zero-order chi connectivity index (χ0) is 11.9. The summed E-state index contributed by atoms with van der Waals surface area (Å²) in [6.07, 6.45) is 7.83. The number of rotatable bonds is 5. The molecule has 4 rings (SSSR count). The van der Waals surface area contributed by atoms with Gasteiger partial charge in [-0.3, -0.25) is 9.59 Å². The topological polar surface area (TPSA) is 43.4 Å². The van der Waals surface area contributed by atoms with Gasteiger partial charge in [0.2, 0.25) is 0 Å². The van der Waals surface area contributed by atoms with Crippen molar-refractivity contribution in [3.05, 3.63) is 0 Å². The van der Waals surface area contributed by atoms with Crippen molar-refractivity contribution in [3.63, 3.8) is 0 Å². The fourth-order valence-corrected chi connectivity index (χ4v) is 4.92. The number of carbonyl (C=O) groups is 2. The van der Waals surface area contributed by atoms with Gasteiger partial charge in [-0.2, -0.15) is 0 Å². The SMILES string of the molecule is O=COCCC(=O)C12CC3CC(CC(C3)C1)C2. The second-order valence-corrected chi connectivity index (χ2v) is 6.34. The molecule has 0 saturated heterocycles. The Morgan fingerprint density at radius 3 is 2.12 bits per heavy atom. The average Bonchev–Trinajstić information content (AvgIpc) is 2.27. The predicted molar refractivity (Wildman–Crippen MR) is 62.2 cm³/mol. The molecule has 3 nitrogen and oxygen atoms in total. The van der Waals surface area contributed by atoms with Crippen LogP contribution in [0.4, 0.5) is 0 Å². The Bertz CT molecular complexity index is 299. The molecule has 0 spiro atoms. The molecule has 0 unspecified atom stereocenters. The summed E-state index contributed by atoms with van der Waals surface area (Å²) in [5.41, 5.74) is -0.0268. The van der Waals surface area contributed by atoms with Gasteiger partial charge in [0.05, 0.1) is 6.61 Å². The first-order chi connectivity index (χ1) is 8.22. The van der Waals surface area contributed by atoms with Crippen molar-refractivity contribution >= 4 is 12.3 Å². The molecule has 4 fully saturated rings. The van der Waals surface area contributed by atoms with Crippen molar-refractivity contribution in [2.45, 2.75) is 44.9 Å². The highest BCUT2D eigenvalue weighted by Gasteiger charge is 2.53. The van der Waals surface area contributed by atoms with E-state index in [9.17, 15) is 9.59 Å². The molecular weight excluding hydrogens is 216 g/mol. The summed E-state index contributed by atoms with van der Waals surface area (Å²) < 4.78 is 4.67. The quantitative estimate of drug-likeness (QED) is 0.543. The summed E-state index contributed by atoms with van der Waals surface area (Å²) in [4.78, 5) is 22.5. The Balaban J connectivity index is 1.68. The molecule has 0 radical (unpaired) electrons. The van der Waals surface area contributed by atoms with Crippen LogP contribution in [0.15, 0.2) is 0 Å². The van der Waals surface area contributed by atoms with Crippen LogP contribution in [-0.4, -0.2) is 18.9 Å². The molecule has 0 aromatic carbocycles. The number of carbonyl (C=O) groups excluding carboxylic acids is 2. The van der Waals surface area contributed by atoms with E-state index in [1.165, 1.54) is 19.3 Å². The van der Waals surface area contributed by atoms with E-state index < -0.39 is 0 Å². The van der Waals surface area contributed by atoms with E-state index in [2.05, 4.69) is 4.74 Å². The van der Waals surface area contributed by atoms with Crippen molar-refractivity contribution in [2.24, 2.45) is 23.2 Å². The lowest BCUT2D eigenvalue weighted by Crippen LogP contribution is -2.50. The summed E-state index contributed by atoms with van der Waals surface area (Å²) >= 11 is 0. The highest BCUT2D eigenvalue weighted by atomic mass is 16.5. The smallest absolute Gasteiger partial charge is 0.293 e. The Morgan fingerprint density at radius 2 is 1.65 bits per heavy atom. The molecule has 94 valence electrons. The van der Waals surface area contributed by atoms with Crippen LogP contribution in [0.25, 0.3) is 0 Å². The van der Waals surface area contributed by atoms with E-state index in [-0.39, 0.29) is 12.0 Å². The van der Waals surface area contributed by atoms with Crippen molar-refractivity contribution in [1.29, 1.82) is 0 Å². The van der Waals surface area contributed by atoms with E-state index in [1.807, 2.05) is 0 Å². The van der Waals surface area contributed by atoms with Crippen molar-refractivity contribution in [3.8, 4) is 0 Å². The Hall–Kier alpha value is -0.860. The highest BCUT2D eigenvalue weighted by molar-refractivity contribution is 5.85. The first-order valence-electron chi connectivity index (χ1n) is 6.80. The third-order valence-corrected chi connectivity index (χ3v) is 5.14. The summed E-state index contributed by atoms with van der Waals surface area (Å²) in [5, 5.41) is 0. The second-order valence-electron chi connectivity index (χ2n) is 6.34. The molecule has 17 heavy (non-hydrogen) atoms. The molecule has 0 N–H and O–H groups in total. The summed E-state index contributed by atoms with van der Waals surface area (Å²) in [6.45, 7) is 0.705. The van der Waals surface area contributed by atoms with Crippen molar-refractivity contribution in [2.75, 3.05) is 6.61 Å². The fraction of sp³-hybridized carbons (Fsp3) is 0.857. The van der Waals surface area contributed by atoms with Crippen LogP contribution in [0.2, 0.25) is 0 Å². The van der Waals surface area contributed by atoms with Crippen molar-refractivity contribution < 1.29 is 14.3 Å². The van der Waals surface area contributed by atoms with Gasteiger partial charge in [0.1, 0.15) is 5.78 Å². The molecule has 4 saturated carbocycles. The number of hydrogen-bond donors (Lipinski definition) is 0. The molecule has 0 amide bonds. The summed E-state index contributed by atoms with van der Waals surface area (Å²) in [6, 6.07) is 0. The van der Waals surface area contributed by atoms with E-state index in [4.69, 9.17) is 0 Å². The monoisotopic (exact) mass is 236 g/mol. The van der Waals surface area contributed by atoms with E-state index in [0.29, 0.717) is 18.7 Å². The molecule has 0 aromatic rings. The van der Waals surface area contributed by atoms with Gasteiger partial charge in [-0.05, 0) is 56.3 Å². The molecule has 4 aliphatic rings. The predicted octanol–water partition coefficient (Wildman–Crippen LogP) is 2.33. The first-order valence-corrected chi connectivity index (χ1v) is 6.80. The van der Waals surface area contributed by atoms with Crippen LogP contribution in [0.1, 0.15) is 44.9 Å². The maximum Gasteiger partial charge on any atom is 0.293 e. The maximum atomic E-state index is 12.4. The van der Waals surface area contributed by atoms with Gasteiger partial charge < -0.3 is 4.74 Å². The van der Waals surface area contributed by atoms with E-state index in [0.717, 1.165) is 37.0 Å². The van der Waals surface area contributed by atoms with Gasteiger partial charge >= 0.3 is 0 Å². The molecule has 0 aliphatic heterocycles. The summed E-state index contributed by atoms with van der Waals surface area (Å²) in [7, 11) is 0. The normalized spacial score (nSPS) is 42.5. The number of Topliss-reactive ketones (excluding diaryl/α,β-unsaturated/α-hetero) is 1. The standard InChI is InChI=1S/C14H20O3/c15-9-17-2-1-13(16)14-6-10-3-11(7-14)5-12(4-10)8-14/h9-12H,1-8H2. The van der Waals surface area contributed by atoms with Gasteiger partial charge in [0.15, 0.2) is 0 Å². The highest BCUT2D eigenvalue weighted by Crippen LogP contribution is 2.60. The Labute approximate surface area is 102 Å². The van der Waals surface area contributed by atoms with Crippen LogP contribution in [-0.2, 0) is 14.3 Å². The molecule has 4 bridgehead atoms. The van der Waals surface area contributed by atoms with E-state index >= 15 is 0 Å². The number of ether oxygens (including phenoxy) is 1. The minimum Gasteiger partial charge on any atom is -0.467 e. The zero-order valence-corrected chi connectivity index (χ0v) is 10.2. The summed E-state index contributed by atoms with van der Waals surface area (Å²) in [5.74, 6) is 2.77. The van der Waals surface area contributed by atoms with Gasteiger partial charge in [-0.1, -0.05) is 0 Å². The fourth-order valence-electron chi connectivity index (χ4n) is 4.92. The lowest BCUT2D eigenvalue weighted by molar-refractivity contribution is -0.145. The Morgan fingerprint density at radius 1 is 1.12 bits per heavy atom. The molecule has 0 aromatic heterocycles. The van der Waals surface area contributed by atoms with E-state index in [1.54, 1.807) is 0 Å². The first kappa shape index (κ1) is 11.2. The average molecular weight is 236 g/mol. The molecular formula is C14H20O3. The van der Waals surface area contributed by atoms with Gasteiger partial charge in [0.25, 0.3) is 6.47 Å². The molecule has 3 heteroatoms. The maximum absolute atomic E-state index is 12.4. The third-order valence-electron chi connectivity index (χ3n) is 5.14. The lowest BCUT2D eigenvalue weighted by Gasteiger charge is -2.56. The minimum atomic E-state index is -0.0268. The third kappa shape index (κ3) is 1.90. The van der Waals surface area contributed by atoms with Gasteiger partial charge in [-0.15, -0.1) is 0 Å². The van der Waals surface area contributed by atoms with Gasteiger partial charge in [-0.25, -0.2) is 0 Å². The second kappa shape index (κ2) is 4.11. The van der Waals surface area contributed by atoms with Crippen LogP contribution < -0.4 is 0 Å². The van der Waals surface area contributed by atoms with Crippen molar-refractivity contribution in [1.82, 2.24) is 0 Å². The molecule has 0 atom stereocenters. The van der Waals surface area contributed by atoms with Crippen LogP contribution in [0.3, 0.4) is 0 Å².